The van der Waals surface area contributed by atoms with E-state index in [2.05, 4.69) is 20.9 Å². The molecule has 1 unspecified atom stereocenters. The van der Waals surface area contributed by atoms with Gasteiger partial charge in [-0.15, -0.1) is 0 Å². The summed E-state index contributed by atoms with van der Waals surface area (Å²) >= 11 is 0. The second-order valence-electron chi connectivity index (χ2n) is 11.7. The Morgan fingerprint density at radius 3 is 2.60 bits per heavy atom. The zero-order valence-electron chi connectivity index (χ0n) is 23.2. The number of amides is 3. The van der Waals surface area contributed by atoms with Crippen molar-refractivity contribution in [2.24, 2.45) is 5.41 Å². The number of pyridine rings is 1. The van der Waals surface area contributed by atoms with Crippen LogP contribution < -0.4 is 16.0 Å². The van der Waals surface area contributed by atoms with E-state index < -0.39 is 16.6 Å². The van der Waals surface area contributed by atoms with Crippen LogP contribution in [0.1, 0.15) is 48.6 Å². The van der Waals surface area contributed by atoms with Gasteiger partial charge in [0, 0.05) is 36.0 Å². The van der Waals surface area contributed by atoms with Crippen LogP contribution in [-0.2, 0) is 45.7 Å². The van der Waals surface area contributed by atoms with Crippen molar-refractivity contribution >= 4 is 29.2 Å². The van der Waals surface area contributed by atoms with E-state index in [4.69, 9.17) is 0 Å². The molecule has 208 valence electrons. The SMILES string of the molecule is CNCc1ccc(F)cc1CN(CC(=O)Nc1ccc2c(c1)CC1(C2)C(=O)Nc2ncccc21)C(=O)C(C)(C)C. The van der Waals surface area contributed by atoms with Gasteiger partial charge in [0.2, 0.25) is 17.7 Å². The van der Waals surface area contributed by atoms with E-state index in [0.29, 0.717) is 36.5 Å². The smallest absolute Gasteiger partial charge is 0.244 e. The largest absolute Gasteiger partial charge is 0.329 e. The number of halogens is 1. The first-order valence-corrected chi connectivity index (χ1v) is 13.4. The topological polar surface area (TPSA) is 103 Å². The molecular formula is C31H34FN5O3. The van der Waals surface area contributed by atoms with Gasteiger partial charge in [-0.2, -0.15) is 0 Å². The molecule has 1 spiro atoms. The van der Waals surface area contributed by atoms with Crippen molar-refractivity contribution in [1.29, 1.82) is 0 Å². The fourth-order valence-corrected chi connectivity index (χ4v) is 5.70. The number of hydrogen-bond acceptors (Lipinski definition) is 5. The molecule has 5 rings (SSSR count). The molecular weight excluding hydrogens is 509 g/mol. The fourth-order valence-electron chi connectivity index (χ4n) is 5.70. The predicted molar refractivity (Wildman–Crippen MR) is 151 cm³/mol. The summed E-state index contributed by atoms with van der Waals surface area (Å²) in [4.78, 5) is 45.3. The molecule has 3 amide bonds. The lowest BCUT2D eigenvalue weighted by atomic mass is 9.79. The summed E-state index contributed by atoms with van der Waals surface area (Å²) in [6.45, 7) is 5.81. The highest BCUT2D eigenvalue weighted by atomic mass is 19.1. The van der Waals surface area contributed by atoms with Gasteiger partial charge in [0.25, 0.3) is 0 Å². The maximum atomic E-state index is 14.1. The molecule has 0 bridgehead atoms. The average molecular weight is 544 g/mol. The summed E-state index contributed by atoms with van der Waals surface area (Å²) in [6.07, 6.45) is 2.74. The Bertz CT molecular complexity index is 1500. The number of aromatic nitrogens is 1. The van der Waals surface area contributed by atoms with Gasteiger partial charge in [0.15, 0.2) is 0 Å². The van der Waals surface area contributed by atoms with E-state index in [1.165, 1.54) is 17.0 Å². The molecule has 9 heteroatoms. The normalized spacial score (nSPS) is 17.4. The Labute approximate surface area is 233 Å². The zero-order chi connectivity index (χ0) is 28.7. The molecule has 1 aromatic heterocycles. The molecule has 3 N–H and O–H groups in total. The molecule has 3 aromatic rings. The lowest BCUT2D eigenvalue weighted by Gasteiger charge is -2.30. The summed E-state index contributed by atoms with van der Waals surface area (Å²) in [7, 11) is 1.80. The average Bonchev–Trinajstić information content (AvgIpc) is 3.41. The Kier molecular flexibility index (Phi) is 7.18. The van der Waals surface area contributed by atoms with Gasteiger partial charge in [-0.25, -0.2) is 9.37 Å². The minimum absolute atomic E-state index is 0.0608. The van der Waals surface area contributed by atoms with Crippen LogP contribution in [0.25, 0.3) is 0 Å². The number of nitrogens with one attached hydrogen (secondary N) is 3. The van der Waals surface area contributed by atoms with Crippen LogP contribution in [0.4, 0.5) is 15.9 Å². The molecule has 0 fully saturated rings. The van der Waals surface area contributed by atoms with Crippen molar-refractivity contribution in [3.63, 3.8) is 0 Å². The van der Waals surface area contributed by atoms with Crippen LogP contribution >= 0.6 is 0 Å². The minimum Gasteiger partial charge on any atom is -0.329 e. The van der Waals surface area contributed by atoms with Gasteiger partial charge >= 0.3 is 0 Å². The van der Waals surface area contributed by atoms with Crippen LogP contribution in [0.3, 0.4) is 0 Å². The number of anilines is 2. The third kappa shape index (κ3) is 5.21. The number of carbonyl (C=O) groups is 3. The highest BCUT2D eigenvalue weighted by molar-refractivity contribution is 6.06. The van der Waals surface area contributed by atoms with E-state index in [1.807, 2.05) is 30.3 Å². The van der Waals surface area contributed by atoms with Crippen LogP contribution in [-0.4, -0.2) is 41.2 Å². The minimum atomic E-state index is -0.730. The molecule has 1 aliphatic carbocycles. The molecule has 8 nitrogen and oxygen atoms in total. The summed E-state index contributed by atoms with van der Waals surface area (Å²) in [5.74, 6) is -0.418. The van der Waals surface area contributed by atoms with Crippen LogP contribution in [0, 0.1) is 11.2 Å². The lowest BCUT2D eigenvalue weighted by Crippen LogP contribution is -2.43. The van der Waals surface area contributed by atoms with Gasteiger partial charge in [0.1, 0.15) is 18.2 Å². The number of carbonyl (C=O) groups excluding carboxylic acids is 3. The van der Waals surface area contributed by atoms with Crippen molar-refractivity contribution in [1.82, 2.24) is 15.2 Å². The summed E-state index contributed by atoms with van der Waals surface area (Å²) in [6, 6.07) is 13.9. The summed E-state index contributed by atoms with van der Waals surface area (Å²) < 4.78 is 14.1. The second-order valence-corrected chi connectivity index (χ2v) is 11.7. The zero-order valence-corrected chi connectivity index (χ0v) is 23.2. The number of nitrogens with zero attached hydrogens (tertiary/aromatic N) is 2. The highest BCUT2D eigenvalue weighted by Crippen LogP contribution is 2.46. The number of benzene rings is 2. The molecule has 2 aliphatic rings. The van der Waals surface area contributed by atoms with E-state index in [0.717, 1.165) is 22.3 Å². The summed E-state index contributed by atoms with van der Waals surface area (Å²) in [5.41, 5.74) is 3.61. The molecule has 1 atom stereocenters. The van der Waals surface area contributed by atoms with Crippen molar-refractivity contribution in [2.45, 2.75) is 52.1 Å². The molecule has 0 saturated heterocycles. The van der Waals surface area contributed by atoms with Crippen molar-refractivity contribution in [3.8, 4) is 0 Å². The Morgan fingerprint density at radius 1 is 1.07 bits per heavy atom. The lowest BCUT2D eigenvalue weighted by molar-refractivity contribution is -0.142. The van der Waals surface area contributed by atoms with E-state index in [-0.39, 0.29) is 30.8 Å². The van der Waals surface area contributed by atoms with Crippen LogP contribution in [0.2, 0.25) is 0 Å². The molecule has 2 aromatic carbocycles. The summed E-state index contributed by atoms with van der Waals surface area (Å²) in [5, 5.41) is 8.89. The van der Waals surface area contributed by atoms with Gasteiger partial charge < -0.3 is 20.9 Å². The molecule has 0 radical (unpaired) electrons. The Hall–Kier alpha value is -4.11. The maximum Gasteiger partial charge on any atom is 0.244 e. The quantitative estimate of drug-likeness (QED) is 0.419. The van der Waals surface area contributed by atoms with Gasteiger partial charge in [0.05, 0.1) is 5.41 Å². The first-order valence-electron chi connectivity index (χ1n) is 13.4. The van der Waals surface area contributed by atoms with Gasteiger partial charge in [-0.1, -0.05) is 39.0 Å². The Morgan fingerprint density at radius 2 is 1.85 bits per heavy atom. The second kappa shape index (κ2) is 10.5. The number of rotatable bonds is 7. The predicted octanol–water partition coefficient (Wildman–Crippen LogP) is 3.94. The number of fused-ring (bicyclic) bond motifs is 3. The molecule has 1 aliphatic heterocycles. The Balaban J connectivity index is 1.34. The molecule has 40 heavy (non-hydrogen) atoms. The van der Waals surface area contributed by atoms with Crippen molar-refractivity contribution in [2.75, 3.05) is 24.2 Å². The first-order chi connectivity index (χ1) is 19.0. The third-order valence-electron chi connectivity index (χ3n) is 7.62. The van der Waals surface area contributed by atoms with E-state index in [1.54, 1.807) is 40.1 Å². The van der Waals surface area contributed by atoms with E-state index >= 15 is 0 Å². The van der Waals surface area contributed by atoms with Crippen molar-refractivity contribution < 1.29 is 18.8 Å². The van der Waals surface area contributed by atoms with Crippen LogP contribution in [0.5, 0.6) is 0 Å². The maximum absolute atomic E-state index is 14.1. The van der Waals surface area contributed by atoms with Crippen molar-refractivity contribution in [3.05, 3.63) is 88.4 Å². The standard InChI is InChI=1S/C31H34FN5O3/c1-30(2,3)29(40)37(17-22-12-23(32)9-7-20(22)16-33-4)18-26(38)35-24-10-8-19-14-31(15-21(19)13-24)25-6-5-11-34-27(25)36-28(31)39/h5-13,33H,14-18H2,1-4H3,(H,35,38)(H,34,36,39). The molecule has 2 heterocycles. The van der Waals surface area contributed by atoms with Gasteiger partial charge in [-0.05, 0) is 72.5 Å². The monoisotopic (exact) mass is 543 g/mol. The van der Waals surface area contributed by atoms with Crippen LogP contribution in [0.15, 0.2) is 54.7 Å². The highest BCUT2D eigenvalue weighted by Gasteiger charge is 2.51. The van der Waals surface area contributed by atoms with Gasteiger partial charge in [-0.3, -0.25) is 14.4 Å². The first kappa shape index (κ1) is 27.5. The number of hydrogen-bond donors (Lipinski definition) is 3. The third-order valence-corrected chi connectivity index (χ3v) is 7.62. The molecule has 0 saturated carbocycles. The fraction of sp³-hybridized carbons (Fsp3) is 0.355. The van der Waals surface area contributed by atoms with E-state index in [9.17, 15) is 18.8 Å².